The summed E-state index contributed by atoms with van der Waals surface area (Å²) in [5, 5.41) is 2.55. The lowest BCUT2D eigenvalue weighted by Gasteiger charge is -2.53. The molecule has 0 aromatic carbocycles. The van der Waals surface area contributed by atoms with Crippen LogP contribution in [0, 0.1) is 17.3 Å². The van der Waals surface area contributed by atoms with E-state index in [0.717, 1.165) is 11.1 Å². The van der Waals surface area contributed by atoms with Gasteiger partial charge in [-0.05, 0) is 78.2 Å². The Kier molecular flexibility index (Phi) is 6.34. The summed E-state index contributed by atoms with van der Waals surface area (Å²) in [7, 11) is 0. The van der Waals surface area contributed by atoms with Crippen LogP contribution in [0.1, 0.15) is 88.0 Å². The van der Waals surface area contributed by atoms with Crippen LogP contribution in [0.2, 0.25) is 0 Å². The number of hydrogen-bond acceptors (Lipinski definition) is 11. The molecule has 3 aliphatic carbocycles. The highest BCUT2D eigenvalue weighted by molar-refractivity contribution is 5.92. The maximum absolute atomic E-state index is 14.1. The van der Waals surface area contributed by atoms with Gasteiger partial charge in [0.25, 0.3) is 0 Å². The number of carbonyl (C=O) groups excluding carboxylic acids is 4. The molecule has 3 saturated heterocycles. The van der Waals surface area contributed by atoms with Gasteiger partial charge in [0.15, 0.2) is 11.7 Å². The number of epoxide rings is 3. The standard InChI is InChI=1S/C33H45NO11/c1-15(2)31-22(43-31)23-33(44-23)30(9)11-10-16-17(14-39-24(16)36)18(30)12-20-32(33,41-20)26(31)40-25(37)19(13-21(35)42-28(3,4)5)34-27(38)45-29(6,7)8/h15,18-20,22-23,26H,10-14H2,1-9H3,(H,34,38)/t18-,19?,20-,22-,23-,26+,30-,31-,32+,33+/m0/s1. The van der Waals surface area contributed by atoms with Crippen LogP contribution in [-0.4, -0.2) is 89.1 Å². The maximum Gasteiger partial charge on any atom is 0.408 e. The zero-order valence-electron chi connectivity index (χ0n) is 27.6. The van der Waals surface area contributed by atoms with Crippen molar-refractivity contribution in [2.24, 2.45) is 17.3 Å². The molecule has 2 saturated carbocycles. The summed E-state index contributed by atoms with van der Waals surface area (Å²) < 4.78 is 42.7. The van der Waals surface area contributed by atoms with E-state index in [1.807, 2.05) is 13.8 Å². The van der Waals surface area contributed by atoms with Crippen LogP contribution in [0.3, 0.4) is 0 Å². The second-order valence-corrected chi connectivity index (χ2v) is 16.3. The molecule has 45 heavy (non-hydrogen) atoms. The van der Waals surface area contributed by atoms with Crippen LogP contribution < -0.4 is 5.32 Å². The number of nitrogens with one attached hydrogen (secondary N) is 1. The van der Waals surface area contributed by atoms with Gasteiger partial charge in [0.05, 0.1) is 12.5 Å². The third-order valence-corrected chi connectivity index (χ3v) is 11.1. The quantitative estimate of drug-likeness (QED) is 0.261. The van der Waals surface area contributed by atoms with Crippen molar-refractivity contribution >= 4 is 24.0 Å². The number of ether oxygens (including phenoxy) is 7. The molecular weight excluding hydrogens is 586 g/mol. The van der Waals surface area contributed by atoms with E-state index < -0.39 is 70.0 Å². The van der Waals surface area contributed by atoms with Gasteiger partial charge in [-0.25, -0.2) is 14.4 Å². The minimum atomic E-state index is -1.38. The third kappa shape index (κ3) is 4.20. The van der Waals surface area contributed by atoms with E-state index in [2.05, 4.69) is 12.2 Å². The predicted octanol–water partition coefficient (Wildman–Crippen LogP) is 3.28. The Morgan fingerprint density at radius 1 is 1.00 bits per heavy atom. The molecule has 1 amide bonds. The zero-order chi connectivity index (χ0) is 32.7. The summed E-state index contributed by atoms with van der Waals surface area (Å²) in [6.07, 6.45) is -1.11. The second-order valence-electron chi connectivity index (χ2n) is 16.3. The van der Waals surface area contributed by atoms with Crippen LogP contribution in [0.15, 0.2) is 11.1 Å². The van der Waals surface area contributed by atoms with Crippen molar-refractivity contribution in [1.29, 1.82) is 0 Å². The van der Waals surface area contributed by atoms with Crippen molar-refractivity contribution in [1.82, 2.24) is 5.32 Å². The summed E-state index contributed by atoms with van der Waals surface area (Å²) in [5.41, 5.74) is -2.85. The lowest BCUT2D eigenvalue weighted by atomic mass is 9.46. The van der Waals surface area contributed by atoms with Gasteiger partial charge >= 0.3 is 24.0 Å². The minimum absolute atomic E-state index is 0.0220. The summed E-state index contributed by atoms with van der Waals surface area (Å²) in [4.78, 5) is 52.4. The highest BCUT2D eigenvalue weighted by atomic mass is 16.8. The Morgan fingerprint density at radius 2 is 1.69 bits per heavy atom. The fourth-order valence-electron chi connectivity index (χ4n) is 9.23. The molecule has 1 N–H and O–H groups in total. The number of carbonyl (C=O) groups is 4. The number of fused-ring (bicyclic) bond motifs is 4. The van der Waals surface area contributed by atoms with Crippen LogP contribution in [-0.2, 0) is 47.5 Å². The van der Waals surface area contributed by atoms with Crippen molar-refractivity contribution in [2.75, 3.05) is 6.61 Å². The first-order valence-electron chi connectivity index (χ1n) is 16.1. The Balaban J connectivity index is 1.21. The van der Waals surface area contributed by atoms with Gasteiger partial charge in [0, 0.05) is 11.0 Å². The molecule has 0 radical (unpaired) electrons. The van der Waals surface area contributed by atoms with Crippen molar-refractivity contribution in [3.63, 3.8) is 0 Å². The molecule has 0 bridgehead atoms. The lowest BCUT2D eigenvalue weighted by molar-refractivity contribution is -0.174. The Morgan fingerprint density at radius 3 is 2.33 bits per heavy atom. The molecule has 1 unspecified atom stereocenters. The number of rotatable bonds is 6. The SMILES string of the molecule is CC(C)[C@]12O[C@H]1[C@@H]1O[C@]13[C@]1(O[C@H]1C[C@H]1C4=C(CC[C@@]13C)C(=O)OC4)[C@@H]2OC(=O)C(CC(=O)OC(C)(C)C)NC(=O)OC(C)(C)C. The second kappa shape index (κ2) is 9.22. The number of amides is 1. The van der Waals surface area contributed by atoms with Crippen LogP contribution >= 0.6 is 0 Å². The molecule has 0 aromatic rings. The van der Waals surface area contributed by atoms with Crippen LogP contribution in [0.4, 0.5) is 4.79 Å². The molecule has 12 nitrogen and oxygen atoms in total. The van der Waals surface area contributed by atoms with Crippen molar-refractivity contribution in [2.45, 2.75) is 146 Å². The number of hydrogen-bond donors (Lipinski definition) is 1. The minimum Gasteiger partial charge on any atom is -0.460 e. The Labute approximate surface area is 263 Å². The number of cyclic esters (lactones) is 1. The Bertz CT molecular complexity index is 1380. The molecule has 10 atom stereocenters. The van der Waals surface area contributed by atoms with E-state index in [4.69, 9.17) is 33.2 Å². The van der Waals surface area contributed by atoms with E-state index in [1.54, 1.807) is 41.5 Å². The summed E-state index contributed by atoms with van der Waals surface area (Å²) in [5.74, 6) is -1.75. The van der Waals surface area contributed by atoms with Gasteiger partial charge < -0.3 is 38.5 Å². The first-order chi connectivity index (χ1) is 20.8. The first kappa shape index (κ1) is 30.9. The van der Waals surface area contributed by atoms with Crippen LogP contribution in [0.25, 0.3) is 0 Å². The topological polar surface area (TPSA) is 155 Å². The van der Waals surface area contributed by atoms with Gasteiger partial charge in [-0.15, -0.1) is 0 Å². The van der Waals surface area contributed by atoms with Crippen molar-refractivity contribution < 1.29 is 52.3 Å². The highest BCUT2D eigenvalue weighted by Crippen LogP contribution is 2.83. The van der Waals surface area contributed by atoms with E-state index in [1.165, 1.54) is 0 Å². The van der Waals surface area contributed by atoms with E-state index >= 15 is 0 Å². The van der Waals surface area contributed by atoms with Gasteiger partial charge in [0.1, 0.15) is 47.3 Å². The summed E-state index contributed by atoms with van der Waals surface area (Å²) in [6, 6.07) is -1.38. The number of esters is 3. The molecule has 248 valence electrons. The largest absolute Gasteiger partial charge is 0.460 e. The fraction of sp³-hybridized carbons (Fsp3) is 0.818. The normalized spacial score (nSPS) is 42.4. The van der Waals surface area contributed by atoms with E-state index in [-0.39, 0.29) is 42.7 Å². The Hall–Kier alpha value is -2.70. The molecule has 4 aliphatic heterocycles. The monoisotopic (exact) mass is 631 g/mol. The molecular formula is C33H45NO11. The van der Waals surface area contributed by atoms with Crippen LogP contribution in [0.5, 0.6) is 0 Å². The fourth-order valence-corrected chi connectivity index (χ4v) is 9.23. The van der Waals surface area contributed by atoms with Crippen molar-refractivity contribution in [3.05, 3.63) is 11.1 Å². The molecule has 7 rings (SSSR count). The van der Waals surface area contributed by atoms with Gasteiger partial charge in [0.2, 0.25) is 0 Å². The molecule has 5 fully saturated rings. The number of alkyl carbamates (subject to hydrolysis) is 1. The summed E-state index contributed by atoms with van der Waals surface area (Å²) in [6.45, 7) is 16.8. The van der Waals surface area contributed by atoms with E-state index in [9.17, 15) is 19.2 Å². The molecule has 2 spiro atoms. The maximum atomic E-state index is 14.1. The predicted molar refractivity (Wildman–Crippen MR) is 155 cm³/mol. The first-order valence-corrected chi connectivity index (χ1v) is 16.1. The third-order valence-electron chi connectivity index (χ3n) is 11.1. The van der Waals surface area contributed by atoms with Crippen molar-refractivity contribution in [3.8, 4) is 0 Å². The van der Waals surface area contributed by atoms with Gasteiger partial charge in [-0.3, -0.25) is 4.79 Å². The zero-order valence-corrected chi connectivity index (χ0v) is 27.6. The highest BCUT2D eigenvalue weighted by Gasteiger charge is 3.01. The lowest BCUT2D eigenvalue weighted by Crippen LogP contribution is -2.70. The smallest absolute Gasteiger partial charge is 0.408 e. The average Bonchev–Trinajstić information content (AvgIpc) is 3.80. The average molecular weight is 632 g/mol. The molecule has 12 heteroatoms. The van der Waals surface area contributed by atoms with Gasteiger partial charge in [-0.1, -0.05) is 20.8 Å². The van der Waals surface area contributed by atoms with E-state index in [0.29, 0.717) is 19.3 Å². The molecule has 0 aromatic heterocycles. The van der Waals surface area contributed by atoms with Gasteiger partial charge in [-0.2, -0.15) is 0 Å². The molecule has 4 heterocycles. The molecule has 7 aliphatic rings. The summed E-state index contributed by atoms with van der Waals surface area (Å²) >= 11 is 0.